The predicted molar refractivity (Wildman–Crippen MR) is 91.0 cm³/mol. The molecule has 1 saturated heterocycles. The predicted octanol–water partition coefficient (Wildman–Crippen LogP) is 1.93. The first-order valence-electron chi connectivity index (χ1n) is 8.35. The zero-order chi connectivity index (χ0) is 15.4. The number of nitrogens with one attached hydrogen (secondary N) is 1. The van der Waals surface area contributed by atoms with E-state index < -0.39 is 0 Å². The van der Waals surface area contributed by atoms with Crippen molar-refractivity contribution in [2.75, 3.05) is 33.2 Å². The fraction of sp³-hybridized carbons (Fsp3) is 0.556. The van der Waals surface area contributed by atoms with Crippen molar-refractivity contribution in [1.29, 1.82) is 0 Å². The second-order valence-electron chi connectivity index (χ2n) is 6.48. The molecular weight excluding hydrogens is 274 g/mol. The van der Waals surface area contributed by atoms with Crippen LogP contribution in [0.3, 0.4) is 0 Å². The molecule has 1 fully saturated rings. The van der Waals surface area contributed by atoms with Crippen molar-refractivity contribution in [3.05, 3.63) is 36.5 Å². The summed E-state index contributed by atoms with van der Waals surface area (Å²) in [5.41, 5.74) is 1.29. The molecule has 120 valence electrons. The zero-order valence-corrected chi connectivity index (χ0v) is 13.4. The molecule has 1 aliphatic rings. The van der Waals surface area contributed by atoms with Crippen molar-refractivity contribution in [2.45, 2.75) is 25.5 Å². The molecule has 2 heterocycles. The van der Waals surface area contributed by atoms with Crippen molar-refractivity contribution in [3.63, 3.8) is 0 Å². The van der Waals surface area contributed by atoms with Crippen LogP contribution in [0.15, 0.2) is 36.5 Å². The molecule has 0 radical (unpaired) electrons. The smallest absolute Gasteiger partial charge is 0.0696 e. The van der Waals surface area contributed by atoms with Gasteiger partial charge in [-0.2, -0.15) is 0 Å². The molecule has 1 aliphatic heterocycles. The summed E-state index contributed by atoms with van der Waals surface area (Å²) in [6.45, 7) is 4.77. The summed E-state index contributed by atoms with van der Waals surface area (Å²) in [4.78, 5) is 2.25. The van der Waals surface area contributed by atoms with Crippen LogP contribution in [0.2, 0.25) is 0 Å². The molecule has 1 atom stereocenters. The van der Waals surface area contributed by atoms with E-state index in [9.17, 15) is 5.11 Å². The van der Waals surface area contributed by atoms with Gasteiger partial charge in [0.15, 0.2) is 0 Å². The van der Waals surface area contributed by atoms with Crippen molar-refractivity contribution >= 4 is 10.9 Å². The average Bonchev–Trinajstić information content (AvgIpc) is 2.97. The van der Waals surface area contributed by atoms with Crippen molar-refractivity contribution in [1.82, 2.24) is 14.8 Å². The number of benzene rings is 1. The van der Waals surface area contributed by atoms with Gasteiger partial charge in [0.25, 0.3) is 0 Å². The van der Waals surface area contributed by atoms with Gasteiger partial charge in [-0.25, -0.2) is 0 Å². The lowest BCUT2D eigenvalue weighted by Crippen LogP contribution is -2.40. The molecule has 1 aromatic heterocycles. The highest BCUT2D eigenvalue weighted by atomic mass is 16.3. The van der Waals surface area contributed by atoms with Gasteiger partial charge in [-0.1, -0.05) is 18.2 Å². The number of fused-ring (bicyclic) bond motifs is 1. The number of likely N-dealkylation sites (N-methyl/N-ethyl adjacent to an activating group) is 1. The highest BCUT2D eigenvalue weighted by Crippen LogP contribution is 2.17. The monoisotopic (exact) mass is 301 g/mol. The highest BCUT2D eigenvalue weighted by Gasteiger charge is 2.22. The number of hydrogen-bond acceptors (Lipinski definition) is 3. The molecule has 0 saturated carbocycles. The molecule has 2 N–H and O–H groups in total. The maximum absolute atomic E-state index is 10.4. The molecule has 0 bridgehead atoms. The lowest BCUT2D eigenvalue weighted by molar-refractivity contribution is 0.0573. The first-order chi connectivity index (χ1) is 10.7. The van der Waals surface area contributed by atoms with Crippen LogP contribution in [0.1, 0.15) is 12.8 Å². The summed E-state index contributed by atoms with van der Waals surface area (Å²) in [6.07, 6.45) is 4.14. The van der Waals surface area contributed by atoms with E-state index >= 15 is 0 Å². The zero-order valence-electron chi connectivity index (χ0n) is 13.4. The summed E-state index contributed by atoms with van der Waals surface area (Å²) < 4.78 is 2.29. The van der Waals surface area contributed by atoms with Crippen LogP contribution in [0.4, 0.5) is 0 Å². The summed E-state index contributed by atoms with van der Waals surface area (Å²) in [6, 6.07) is 10.6. The second-order valence-corrected chi connectivity index (χ2v) is 6.48. The van der Waals surface area contributed by atoms with E-state index in [0.29, 0.717) is 5.92 Å². The number of piperidine rings is 1. The minimum atomic E-state index is -0.200. The molecule has 4 heteroatoms. The number of aliphatic hydroxyl groups excluding tert-OH is 1. The number of para-hydroxylation sites is 1. The van der Waals surface area contributed by atoms with E-state index in [1.165, 1.54) is 10.9 Å². The van der Waals surface area contributed by atoms with Crippen molar-refractivity contribution in [2.24, 2.45) is 5.92 Å². The Balaban J connectivity index is 1.50. The van der Waals surface area contributed by atoms with Crippen LogP contribution in [-0.4, -0.2) is 53.9 Å². The van der Waals surface area contributed by atoms with Crippen molar-refractivity contribution < 1.29 is 5.11 Å². The Morgan fingerprint density at radius 2 is 2.05 bits per heavy atom. The summed E-state index contributed by atoms with van der Waals surface area (Å²) in [7, 11) is 2.11. The van der Waals surface area contributed by atoms with Crippen LogP contribution in [-0.2, 0) is 6.54 Å². The third-order valence-electron chi connectivity index (χ3n) is 4.83. The minimum Gasteiger partial charge on any atom is -0.392 e. The Morgan fingerprint density at radius 1 is 1.27 bits per heavy atom. The Hall–Kier alpha value is -1.36. The topological polar surface area (TPSA) is 40.4 Å². The SMILES string of the molecule is CN(CCn1ccc2ccccc21)CC(O)C1CCNCC1. The average molecular weight is 301 g/mol. The number of aliphatic hydroxyl groups is 1. The quantitative estimate of drug-likeness (QED) is 0.856. The number of nitrogens with zero attached hydrogens (tertiary/aromatic N) is 2. The molecule has 2 aromatic rings. The molecule has 3 rings (SSSR count). The summed E-state index contributed by atoms with van der Waals surface area (Å²) in [5.74, 6) is 0.455. The molecular formula is C18H27N3O. The summed E-state index contributed by atoms with van der Waals surface area (Å²) >= 11 is 0. The fourth-order valence-corrected chi connectivity index (χ4v) is 3.40. The van der Waals surface area contributed by atoms with Gasteiger partial charge in [0, 0.05) is 31.3 Å². The third-order valence-corrected chi connectivity index (χ3v) is 4.83. The first-order valence-corrected chi connectivity index (χ1v) is 8.35. The fourth-order valence-electron chi connectivity index (χ4n) is 3.40. The Labute approximate surface area is 132 Å². The Bertz CT molecular complexity index is 589. The molecule has 0 aliphatic carbocycles. The molecule has 0 amide bonds. The maximum Gasteiger partial charge on any atom is 0.0696 e. The Kier molecular flexibility index (Phi) is 5.13. The van der Waals surface area contributed by atoms with Crippen molar-refractivity contribution in [3.8, 4) is 0 Å². The van der Waals surface area contributed by atoms with E-state index in [2.05, 4.69) is 58.4 Å². The van der Waals surface area contributed by atoms with E-state index in [4.69, 9.17) is 0 Å². The normalized spacial score (nSPS) is 18.1. The van der Waals surface area contributed by atoms with Gasteiger partial charge in [-0.3, -0.25) is 0 Å². The van der Waals surface area contributed by atoms with Crippen LogP contribution in [0, 0.1) is 5.92 Å². The molecule has 1 aromatic carbocycles. The molecule has 1 unspecified atom stereocenters. The minimum absolute atomic E-state index is 0.200. The molecule has 22 heavy (non-hydrogen) atoms. The molecule has 0 spiro atoms. The Morgan fingerprint density at radius 3 is 2.86 bits per heavy atom. The van der Waals surface area contributed by atoms with Crippen LogP contribution < -0.4 is 5.32 Å². The van der Waals surface area contributed by atoms with Gasteiger partial charge >= 0.3 is 0 Å². The highest BCUT2D eigenvalue weighted by molar-refractivity contribution is 5.79. The van der Waals surface area contributed by atoms with Gasteiger partial charge in [-0.05, 0) is 56.4 Å². The largest absolute Gasteiger partial charge is 0.392 e. The van der Waals surface area contributed by atoms with E-state index in [1.807, 2.05) is 0 Å². The second kappa shape index (κ2) is 7.27. The number of hydrogen-bond donors (Lipinski definition) is 2. The van der Waals surface area contributed by atoms with Crippen LogP contribution in [0.5, 0.6) is 0 Å². The van der Waals surface area contributed by atoms with Gasteiger partial charge in [-0.15, -0.1) is 0 Å². The van der Waals surface area contributed by atoms with Crippen LogP contribution >= 0.6 is 0 Å². The maximum atomic E-state index is 10.4. The lowest BCUT2D eigenvalue weighted by atomic mass is 9.92. The van der Waals surface area contributed by atoms with Crippen LogP contribution in [0.25, 0.3) is 10.9 Å². The number of rotatable bonds is 6. The molecule has 4 nitrogen and oxygen atoms in total. The summed E-state index contributed by atoms with van der Waals surface area (Å²) in [5, 5.41) is 15.0. The lowest BCUT2D eigenvalue weighted by Gasteiger charge is -2.30. The van der Waals surface area contributed by atoms with E-state index in [1.54, 1.807) is 0 Å². The van der Waals surface area contributed by atoms with E-state index in [-0.39, 0.29) is 6.10 Å². The standard InChI is InChI=1S/C18H27N3O/c1-20(14-18(22)16-6-9-19-10-7-16)12-13-21-11-8-15-4-2-3-5-17(15)21/h2-5,8,11,16,18-19,22H,6-7,9-10,12-14H2,1H3. The van der Waals surface area contributed by atoms with Gasteiger partial charge in [0.2, 0.25) is 0 Å². The third kappa shape index (κ3) is 3.69. The van der Waals surface area contributed by atoms with E-state index in [0.717, 1.165) is 45.6 Å². The number of aromatic nitrogens is 1. The van der Waals surface area contributed by atoms with Gasteiger partial charge in [0.1, 0.15) is 0 Å². The van der Waals surface area contributed by atoms with Gasteiger partial charge in [0.05, 0.1) is 6.10 Å². The van der Waals surface area contributed by atoms with Gasteiger partial charge < -0.3 is 19.9 Å². The first kappa shape index (κ1) is 15.5.